The smallest absolute Gasteiger partial charge is 0.226 e. The number of anilines is 1. The predicted octanol–water partition coefficient (Wildman–Crippen LogP) is 2.75. The van der Waals surface area contributed by atoms with Crippen molar-refractivity contribution < 1.29 is 13.9 Å². The molecule has 1 aromatic carbocycles. The number of aromatic hydroxyl groups is 1. The summed E-state index contributed by atoms with van der Waals surface area (Å²) in [5.41, 5.74) is 2.15. The minimum Gasteiger partial charge on any atom is -0.502 e. The zero-order valence-electron chi connectivity index (χ0n) is 11.7. The first-order chi connectivity index (χ1) is 10.1. The van der Waals surface area contributed by atoms with E-state index in [-0.39, 0.29) is 5.82 Å². The molecule has 2 heterocycles. The number of halogens is 1. The molecule has 0 radical (unpaired) electrons. The van der Waals surface area contributed by atoms with Gasteiger partial charge in [0.25, 0.3) is 0 Å². The van der Waals surface area contributed by atoms with Gasteiger partial charge in [-0.2, -0.15) is 0 Å². The molecule has 0 spiro atoms. The monoisotopic (exact) mass is 289 g/mol. The molecular weight excluding hydrogens is 273 g/mol. The van der Waals surface area contributed by atoms with Crippen LogP contribution in [0.15, 0.2) is 33.7 Å². The molecule has 4 nitrogen and oxygen atoms in total. The molecule has 110 valence electrons. The van der Waals surface area contributed by atoms with Crippen molar-refractivity contribution in [3.8, 4) is 5.75 Å². The highest BCUT2D eigenvalue weighted by Crippen LogP contribution is 2.33. The maximum atomic E-state index is 13.9. The van der Waals surface area contributed by atoms with Crippen LogP contribution in [0.25, 0.3) is 0 Å². The van der Waals surface area contributed by atoms with Crippen molar-refractivity contribution in [3.63, 3.8) is 0 Å². The van der Waals surface area contributed by atoms with Gasteiger partial charge in [0.15, 0.2) is 5.75 Å². The van der Waals surface area contributed by atoms with Gasteiger partial charge in [-0.3, -0.25) is 4.79 Å². The van der Waals surface area contributed by atoms with Gasteiger partial charge in [0.05, 0.1) is 6.54 Å². The van der Waals surface area contributed by atoms with Crippen LogP contribution < -0.4 is 10.3 Å². The first kappa shape index (κ1) is 13.7. The maximum Gasteiger partial charge on any atom is 0.226 e. The Hall–Kier alpha value is -2.30. The van der Waals surface area contributed by atoms with Gasteiger partial charge < -0.3 is 14.4 Å². The molecule has 1 aliphatic heterocycles. The molecule has 0 saturated heterocycles. The number of rotatable bonds is 2. The summed E-state index contributed by atoms with van der Waals surface area (Å²) >= 11 is 0. The summed E-state index contributed by atoms with van der Waals surface area (Å²) < 4.78 is 19.2. The van der Waals surface area contributed by atoms with Gasteiger partial charge >= 0.3 is 0 Å². The van der Waals surface area contributed by atoms with Gasteiger partial charge in [-0.05, 0) is 31.4 Å². The second-order valence-corrected chi connectivity index (χ2v) is 5.31. The van der Waals surface area contributed by atoms with Gasteiger partial charge in [-0.1, -0.05) is 6.07 Å². The van der Waals surface area contributed by atoms with E-state index in [1.807, 2.05) is 11.8 Å². The molecule has 3 rings (SSSR count). The van der Waals surface area contributed by atoms with Crippen LogP contribution in [0.2, 0.25) is 0 Å². The third-order valence-corrected chi connectivity index (χ3v) is 3.81. The number of benzene rings is 1. The summed E-state index contributed by atoms with van der Waals surface area (Å²) in [6.45, 7) is 3.11. The predicted molar refractivity (Wildman–Crippen MR) is 77.2 cm³/mol. The zero-order valence-corrected chi connectivity index (χ0v) is 11.7. The van der Waals surface area contributed by atoms with E-state index < -0.39 is 11.2 Å². The summed E-state index contributed by atoms with van der Waals surface area (Å²) in [5, 5.41) is 9.22. The van der Waals surface area contributed by atoms with E-state index in [2.05, 4.69) is 0 Å². The summed E-state index contributed by atoms with van der Waals surface area (Å²) in [6.07, 6.45) is 2.62. The Morgan fingerprint density at radius 1 is 1.43 bits per heavy atom. The van der Waals surface area contributed by atoms with E-state index in [0.717, 1.165) is 42.5 Å². The van der Waals surface area contributed by atoms with Gasteiger partial charge in [0.1, 0.15) is 17.8 Å². The lowest BCUT2D eigenvalue weighted by Crippen LogP contribution is -2.30. The van der Waals surface area contributed by atoms with Gasteiger partial charge in [0, 0.05) is 23.9 Å². The third kappa shape index (κ3) is 2.51. The van der Waals surface area contributed by atoms with Crippen LogP contribution in [0.3, 0.4) is 0 Å². The summed E-state index contributed by atoms with van der Waals surface area (Å²) in [6, 6.07) is 4.54. The average molecular weight is 289 g/mol. The van der Waals surface area contributed by atoms with Crippen LogP contribution in [0, 0.1) is 12.7 Å². The topological polar surface area (TPSA) is 53.7 Å². The van der Waals surface area contributed by atoms with Crippen molar-refractivity contribution in [1.29, 1.82) is 0 Å². The van der Waals surface area contributed by atoms with E-state index in [1.165, 1.54) is 12.1 Å². The van der Waals surface area contributed by atoms with Gasteiger partial charge in [-0.25, -0.2) is 4.39 Å². The average Bonchev–Trinajstić information content (AvgIpc) is 2.47. The Morgan fingerprint density at radius 2 is 2.24 bits per heavy atom. The molecule has 1 aliphatic rings. The summed E-state index contributed by atoms with van der Waals surface area (Å²) in [7, 11) is 0. The highest BCUT2D eigenvalue weighted by Gasteiger charge is 2.22. The van der Waals surface area contributed by atoms with Crippen LogP contribution in [-0.4, -0.2) is 11.7 Å². The Balaban J connectivity index is 1.97. The second-order valence-electron chi connectivity index (χ2n) is 5.31. The van der Waals surface area contributed by atoms with E-state index in [0.29, 0.717) is 12.3 Å². The summed E-state index contributed by atoms with van der Waals surface area (Å²) in [5.74, 6) is -0.137. The molecule has 1 aromatic heterocycles. The van der Waals surface area contributed by atoms with Crippen molar-refractivity contribution in [2.75, 3.05) is 11.4 Å². The van der Waals surface area contributed by atoms with Gasteiger partial charge in [0.2, 0.25) is 5.43 Å². The summed E-state index contributed by atoms with van der Waals surface area (Å²) in [4.78, 5) is 13.5. The molecule has 21 heavy (non-hydrogen) atoms. The quantitative estimate of drug-likeness (QED) is 0.923. The molecule has 5 heteroatoms. The number of nitrogens with zero attached hydrogens (tertiary/aromatic N) is 1. The second kappa shape index (κ2) is 5.24. The number of hydrogen-bond donors (Lipinski definition) is 1. The minimum absolute atomic E-state index is 0.188. The minimum atomic E-state index is -0.468. The van der Waals surface area contributed by atoms with E-state index in [9.17, 15) is 14.3 Å². The lowest BCUT2D eigenvalue weighted by Gasteiger charge is -2.32. The van der Waals surface area contributed by atoms with E-state index in [1.54, 1.807) is 6.07 Å². The molecule has 0 atom stereocenters. The lowest BCUT2D eigenvalue weighted by molar-refractivity contribution is 0.410. The Morgan fingerprint density at radius 3 is 3.00 bits per heavy atom. The Labute approximate surface area is 121 Å². The van der Waals surface area contributed by atoms with Crippen molar-refractivity contribution >= 4 is 5.69 Å². The SMILES string of the molecule is Cc1ccc(F)c2c1N(Cc1cc(=O)c(O)co1)CCC2. The van der Waals surface area contributed by atoms with Gasteiger partial charge in [-0.15, -0.1) is 0 Å². The largest absolute Gasteiger partial charge is 0.502 e. The van der Waals surface area contributed by atoms with Crippen LogP contribution >= 0.6 is 0 Å². The number of hydrogen-bond acceptors (Lipinski definition) is 4. The highest BCUT2D eigenvalue weighted by molar-refractivity contribution is 5.61. The van der Waals surface area contributed by atoms with Crippen molar-refractivity contribution in [3.05, 3.63) is 57.4 Å². The molecule has 0 bridgehead atoms. The molecule has 1 N–H and O–H groups in total. The number of fused-ring (bicyclic) bond motifs is 1. The first-order valence-electron chi connectivity index (χ1n) is 6.90. The van der Waals surface area contributed by atoms with Crippen LogP contribution in [0.1, 0.15) is 23.3 Å². The van der Waals surface area contributed by atoms with Crippen molar-refractivity contribution in [2.24, 2.45) is 0 Å². The fraction of sp³-hybridized carbons (Fsp3) is 0.312. The molecule has 0 aliphatic carbocycles. The highest BCUT2D eigenvalue weighted by atomic mass is 19.1. The van der Waals surface area contributed by atoms with Crippen LogP contribution in [0.4, 0.5) is 10.1 Å². The molecule has 0 unspecified atom stereocenters. The van der Waals surface area contributed by atoms with E-state index in [4.69, 9.17) is 4.42 Å². The number of aryl methyl sites for hydroxylation is 1. The lowest BCUT2D eigenvalue weighted by atomic mass is 9.97. The normalized spacial score (nSPS) is 14.1. The van der Waals surface area contributed by atoms with Crippen LogP contribution in [-0.2, 0) is 13.0 Å². The van der Waals surface area contributed by atoms with Crippen molar-refractivity contribution in [1.82, 2.24) is 0 Å². The standard InChI is InChI=1S/C16H16FNO3/c1-10-4-5-13(17)12-3-2-6-18(16(10)12)8-11-7-14(19)15(20)9-21-11/h4-5,7,9,20H,2-3,6,8H2,1H3. The molecule has 0 fully saturated rings. The van der Waals surface area contributed by atoms with E-state index >= 15 is 0 Å². The maximum absolute atomic E-state index is 13.9. The molecule has 2 aromatic rings. The molecular formula is C16H16FNO3. The fourth-order valence-electron chi connectivity index (χ4n) is 2.84. The Kier molecular flexibility index (Phi) is 3.41. The zero-order chi connectivity index (χ0) is 15.0. The third-order valence-electron chi connectivity index (χ3n) is 3.81. The van der Waals surface area contributed by atoms with Crippen LogP contribution in [0.5, 0.6) is 5.75 Å². The Bertz CT molecular complexity index is 739. The fourth-order valence-corrected chi connectivity index (χ4v) is 2.84. The molecule has 0 saturated carbocycles. The molecule has 0 amide bonds. The first-order valence-corrected chi connectivity index (χ1v) is 6.90. The van der Waals surface area contributed by atoms with Crippen molar-refractivity contribution in [2.45, 2.75) is 26.3 Å².